The average molecular weight is 213 g/mol. The van der Waals surface area contributed by atoms with Gasteiger partial charge in [0.05, 0.1) is 6.54 Å². The number of hydrogen-bond acceptors (Lipinski definition) is 2. The minimum atomic E-state index is 0.372. The standard InChI is InChI=1S/C13H27NO/c1-11(2)7-6-8-14(5)10-13(15)9-12(3)4/h11-12H,6-10H2,1-5H3. The van der Waals surface area contributed by atoms with Crippen LogP contribution in [0.3, 0.4) is 0 Å². The van der Waals surface area contributed by atoms with Gasteiger partial charge >= 0.3 is 0 Å². The van der Waals surface area contributed by atoms with Crippen LogP contribution in [-0.4, -0.2) is 30.8 Å². The Hall–Kier alpha value is -0.370. The van der Waals surface area contributed by atoms with Crippen LogP contribution in [0.25, 0.3) is 0 Å². The van der Waals surface area contributed by atoms with Crippen molar-refractivity contribution in [1.82, 2.24) is 4.90 Å². The molecule has 0 bridgehead atoms. The van der Waals surface area contributed by atoms with E-state index >= 15 is 0 Å². The molecule has 0 saturated carbocycles. The van der Waals surface area contributed by atoms with Crippen LogP contribution in [0, 0.1) is 11.8 Å². The second-order valence-corrected chi connectivity index (χ2v) is 5.41. The molecule has 2 heteroatoms. The highest BCUT2D eigenvalue weighted by Gasteiger charge is 2.08. The Morgan fingerprint density at radius 2 is 1.73 bits per heavy atom. The quantitative estimate of drug-likeness (QED) is 0.618. The van der Waals surface area contributed by atoms with E-state index in [0.717, 1.165) is 12.5 Å². The Bertz CT molecular complexity index is 175. The SMILES string of the molecule is CC(C)CCCN(C)CC(=O)CC(C)C. The molecule has 0 atom stereocenters. The summed E-state index contributed by atoms with van der Waals surface area (Å²) in [5.41, 5.74) is 0. The number of carbonyl (C=O) groups is 1. The van der Waals surface area contributed by atoms with Crippen LogP contribution >= 0.6 is 0 Å². The molecule has 0 rings (SSSR count). The Morgan fingerprint density at radius 1 is 1.13 bits per heavy atom. The smallest absolute Gasteiger partial charge is 0.147 e. The minimum absolute atomic E-state index is 0.372. The maximum absolute atomic E-state index is 11.5. The summed E-state index contributed by atoms with van der Waals surface area (Å²) in [7, 11) is 2.04. The van der Waals surface area contributed by atoms with E-state index in [1.807, 2.05) is 7.05 Å². The molecule has 0 N–H and O–H groups in total. The van der Waals surface area contributed by atoms with Gasteiger partial charge in [0.15, 0.2) is 0 Å². The fraction of sp³-hybridized carbons (Fsp3) is 0.923. The Kier molecular flexibility index (Phi) is 7.67. The van der Waals surface area contributed by atoms with Gasteiger partial charge in [-0.15, -0.1) is 0 Å². The van der Waals surface area contributed by atoms with E-state index in [2.05, 4.69) is 32.6 Å². The van der Waals surface area contributed by atoms with Gasteiger partial charge in [-0.25, -0.2) is 0 Å². The topological polar surface area (TPSA) is 20.3 Å². The van der Waals surface area contributed by atoms with Crippen LogP contribution in [0.2, 0.25) is 0 Å². The highest BCUT2D eigenvalue weighted by atomic mass is 16.1. The minimum Gasteiger partial charge on any atom is -0.299 e. The van der Waals surface area contributed by atoms with E-state index in [4.69, 9.17) is 0 Å². The van der Waals surface area contributed by atoms with Crippen molar-refractivity contribution < 1.29 is 4.79 Å². The Balaban J connectivity index is 3.55. The highest BCUT2D eigenvalue weighted by molar-refractivity contribution is 5.80. The van der Waals surface area contributed by atoms with Crippen LogP contribution in [-0.2, 0) is 4.79 Å². The van der Waals surface area contributed by atoms with Crippen molar-refractivity contribution in [3.05, 3.63) is 0 Å². The van der Waals surface area contributed by atoms with Gasteiger partial charge < -0.3 is 0 Å². The first-order valence-corrected chi connectivity index (χ1v) is 6.12. The molecule has 15 heavy (non-hydrogen) atoms. The van der Waals surface area contributed by atoms with Gasteiger partial charge in [-0.2, -0.15) is 0 Å². The van der Waals surface area contributed by atoms with E-state index in [0.29, 0.717) is 24.7 Å². The van der Waals surface area contributed by atoms with Crippen LogP contribution in [0.1, 0.15) is 47.0 Å². The Labute approximate surface area is 95.0 Å². The molecule has 2 nitrogen and oxygen atoms in total. The van der Waals surface area contributed by atoms with Gasteiger partial charge in [-0.05, 0) is 38.3 Å². The number of carbonyl (C=O) groups excluding carboxylic acids is 1. The first kappa shape index (κ1) is 14.6. The van der Waals surface area contributed by atoms with Gasteiger partial charge in [0, 0.05) is 6.42 Å². The third kappa shape index (κ3) is 9.92. The summed E-state index contributed by atoms with van der Waals surface area (Å²) in [5.74, 6) is 1.63. The van der Waals surface area contributed by atoms with Crippen molar-refractivity contribution in [3.63, 3.8) is 0 Å². The molecule has 0 saturated heterocycles. The average Bonchev–Trinajstić information content (AvgIpc) is 2.00. The predicted octanol–water partition coefficient (Wildman–Crippen LogP) is 2.97. The molecule has 0 aromatic carbocycles. The first-order valence-electron chi connectivity index (χ1n) is 6.12. The summed E-state index contributed by atoms with van der Waals surface area (Å²) in [6, 6.07) is 0. The van der Waals surface area contributed by atoms with Gasteiger partial charge in [-0.1, -0.05) is 27.7 Å². The molecular formula is C13H27NO. The van der Waals surface area contributed by atoms with Crippen molar-refractivity contribution >= 4 is 5.78 Å². The molecule has 0 aliphatic heterocycles. The first-order chi connectivity index (χ1) is 6.91. The summed E-state index contributed by atoms with van der Waals surface area (Å²) in [4.78, 5) is 13.7. The van der Waals surface area contributed by atoms with Crippen molar-refractivity contribution in [1.29, 1.82) is 0 Å². The lowest BCUT2D eigenvalue weighted by atomic mass is 10.1. The molecule has 0 unspecified atom stereocenters. The van der Waals surface area contributed by atoms with Crippen molar-refractivity contribution in [3.8, 4) is 0 Å². The molecule has 0 radical (unpaired) electrons. The summed E-state index contributed by atoms with van der Waals surface area (Å²) in [6.07, 6.45) is 3.17. The summed E-state index contributed by atoms with van der Waals surface area (Å²) in [5, 5.41) is 0. The van der Waals surface area contributed by atoms with Crippen molar-refractivity contribution in [2.45, 2.75) is 47.0 Å². The second kappa shape index (κ2) is 7.86. The van der Waals surface area contributed by atoms with Crippen LogP contribution < -0.4 is 0 Å². The fourth-order valence-electron chi connectivity index (χ4n) is 1.67. The molecule has 90 valence electrons. The van der Waals surface area contributed by atoms with Crippen LogP contribution in [0.5, 0.6) is 0 Å². The largest absolute Gasteiger partial charge is 0.299 e. The van der Waals surface area contributed by atoms with Gasteiger partial charge in [0.2, 0.25) is 0 Å². The molecule has 0 heterocycles. The molecule has 0 aliphatic rings. The van der Waals surface area contributed by atoms with Crippen molar-refractivity contribution in [2.24, 2.45) is 11.8 Å². The monoisotopic (exact) mass is 213 g/mol. The van der Waals surface area contributed by atoms with Gasteiger partial charge in [-0.3, -0.25) is 9.69 Å². The number of Topliss-reactive ketones (excluding diaryl/α,β-unsaturated/α-hetero) is 1. The zero-order valence-electron chi connectivity index (χ0n) is 11.0. The van der Waals surface area contributed by atoms with Crippen LogP contribution in [0.4, 0.5) is 0 Å². The van der Waals surface area contributed by atoms with Crippen molar-refractivity contribution in [2.75, 3.05) is 20.1 Å². The van der Waals surface area contributed by atoms with E-state index in [9.17, 15) is 4.79 Å². The molecule has 0 aliphatic carbocycles. The number of likely N-dealkylation sites (N-methyl/N-ethyl adjacent to an activating group) is 1. The highest BCUT2D eigenvalue weighted by Crippen LogP contribution is 2.05. The zero-order valence-corrected chi connectivity index (χ0v) is 11.0. The third-order valence-electron chi connectivity index (χ3n) is 2.40. The summed E-state index contributed by atoms with van der Waals surface area (Å²) >= 11 is 0. The zero-order chi connectivity index (χ0) is 11.8. The number of ketones is 1. The fourth-order valence-corrected chi connectivity index (χ4v) is 1.67. The molecule has 0 aromatic heterocycles. The van der Waals surface area contributed by atoms with E-state index in [1.54, 1.807) is 0 Å². The van der Waals surface area contributed by atoms with Gasteiger partial charge in [0.1, 0.15) is 5.78 Å². The lowest BCUT2D eigenvalue weighted by Crippen LogP contribution is -2.27. The van der Waals surface area contributed by atoms with Crippen LogP contribution in [0.15, 0.2) is 0 Å². The second-order valence-electron chi connectivity index (χ2n) is 5.41. The van der Waals surface area contributed by atoms with Gasteiger partial charge in [0.25, 0.3) is 0 Å². The van der Waals surface area contributed by atoms with E-state index in [1.165, 1.54) is 12.8 Å². The molecule has 0 fully saturated rings. The molecule has 0 amide bonds. The summed E-state index contributed by atoms with van der Waals surface area (Å²) < 4.78 is 0. The maximum atomic E-state index is 11.5. The number of nitrogens with zero attached hydrogens (tertiary/aromatic N) is 1. The Morgan fingerprint density at radius 3 is 2.20 bits per heavy atom. The summed E-state index contributed by atoms with van der Waals surface area (Å²) in [6.45, 7) is 10.3. The van der Waals surface area contributed by atoms with E-state index < -0.39 is 0 Å². The maximum Gasteiger partial charge on any atom is 0.147 e. The number of hydrogen-bond donors (Lipinski definition) is 0. The molecule has 0 spiro atoms. The van der Waals surface area contributed by atoms with E-state index in [-0.39, 0.29) is 0 Å². The molecular weight excluding hydrogens is 186 g/mol. The molecule has 0 aromatic rings. The number of rotatable bonds is 8. The lowest BCUT2D eigenvalue weighted by molar-refractivity contribution is -0.120. The lowest BCUT2D eigenvalue weighted by Gasteiger charge is -2.16. The predicted molar refractivity (Wildman–Crippen MR) is 66.0 cm³/mol. The normalized spacial score (nSPS) is 11.7. The third-order valence-corrected chi connectivity index (χ3v) is 2.40.